The standard InChI is InChI=1S/C68H44Br6N2O4/c1-25(2)29-11-9-12-30(26(3)4)63(29)75-65(77)35-17-15-33-51-43(69)19-39-56-46(72)22-38-54-48(74)24-42-50-36(66(78)76(68(42)80)64-31(27(5)6)13-10-14-32(64)28(7)8)18-16-34(58(50)54)52-44(70)20-40(62(56)60(38)52)55-45(71)21-37(59(51)61(39)55)53-47(73)23-41(67(75)79)49(35)57(33)53/h9-28H,1-8H3. The Labute approximate surface area is 509 Å². The van der Waals surface area contributed by atoms with Crippen molar-refractivity contribution < 1.29 is 19.2 Å². The van der Waals surface area contributed by atoms with Crippen LogP contribution in [-0.4, -0.2) is 23.6 Å². The van der Waals surface area contributed by atoms with E-state index < -0.39 is 0 Å². The molecule has 2 aliphatic rings. The Morgan fingerprint density at radius 1 is 0.275 bits per heavy atom. The lowest BCUT2D eigenvalue weighted by molar-refractivity contribution is 0.0877. The molecule has 0 saturated carbocycles. The third-order valence-electron chi connectivity index (χ3n) is 17.6. The molecule has 0 radical (unpaired) electrons. The number of carbonyl (C=O) groups excluding carboxylic acids is 4. The second kappa shape index (κ2) is 17.5. The van der Waals surface area contributed by atoms with Crippen molar-refractivity contribution in [3.8, 4) is 0 Å². The van der Waals surface area contributed by atoms with Gasteiger partial charge in [-0.1, -0.05) is 200 Å². The molecule has 6 nitrogen and oxygen atoms in total. The molecule has 13 aromatic carbocycles. The number of rotatable bonds is 6. The fourth-order valence-corrected chi connectivity index (χ4v) is 18.1. The van der Waals surface area contributed by atoms with Gasteiger partial charge in [0, 0.05) is 91.8 Å². The van der Waals surface area contributed by atoms with E-state index in [1.807, 2.05) is 60.7 Å². The van der Waals surface area contributed by atoms with Gasteiger partial charge in [-0.2, -0.15) is 0 Å². The minimum absolute atomic E-state index is 0.0735. The van der Waals surface area contributed by atoms with E-state index in [2.05, 4.69) is 187 Å². The zero-order valence-electron chi connectivity index (χ0n) is 44.3. The van der Waals surface area contributed by atoms with Crippen LogP contribution in [0.3, 0.4) is 0 Å². The molecular weight excluding hydrogens is 1390 g/mol. The van der Waals surface area contributed by atoms with Crippen LogP contribution in [0.15, 0.2) is 124 Å². The van der Waals surface area contributed by atoms with Gasteiger partial charge in [-0.05, 0) is 148 Å². The number of benzene rings is 13. The first kappa shape index (κ1) is 51.3. The number of amides is 4. The smallest absolute Gasteiger partial charge is 0.266 e. The fourth-order valence-electron chi connectivity index (χ4n) is 14.3. The first-order valence-corrected chi connectivity index (χ1v) is 31.6. The normalized spacial score (nSPS) is 14.4. The van der Waals surface area contributed by atoms with Gasteiger partial charge in [-0.3, -0.25) is 19.2 Å². The van der Waals surface area contributed by atoms with Crippen molar-refractivity contribution in [1.82, 2.24) is 0 Å². The summed E-state index contributed by atoms with van der Waals surface area (Å²) in [4.78, 5) is 63.7. The van der Waals surface area contributed by atoms with Crippen LogP contribution in [-0.2, 0) is 0 Å². The molecule has 0 fully saturated rings. The Kier molecular flexibility index (Phi) is 11.2. The molecule has 0 unspecified atom stereocenters. The van der Waals surface area contributed by atoms with Crippen LogP contribution in [0.1, 0.15) is 143 Å². The second-order valence-corrected chi connectivity index (χ2v) is 28.2. The number of para-hydroxylation sites is 2. The van der Waals surface area contributed by atoms with E-state index in [0.29, 0.717) is 44.4 Å². The van der Waals surface area contributed by atoms with Gasteiger partial charge in [0.25, 0.3) is 23.6 Å². The van der Waals surface area contributed by atoms with Crippen LogP contribution in [0.4, 0.5) is 11.4 Å². The highest BCUT2D eigenvalue weighted by Crippen LogP contribution is 2.59. The highest BCUT2D eigenvalue weighted by molar-refractivity contribution is 9.11. The Balaban J connectivity index is 1.01. The molecule has 15 rings (SSSR count). The van der Waals surface area contributed by atoms with Crippen molar-refractivity contribution in [2.45, 2.75) is 79.1 Å². The SMILES string of the molecule is CC(C)c1cccc(C(C)C)c1N1C(=O)c2ccc3c4c(Br)cc5c6c(Br)cc7c8c(Br)cc9c%10c(ccc(c%11c(Br)cc(c%12c(Br)cc(c%13c(Br)cc(c2c3%13)C1=O)c4c5%12)c6c7%11)c%108)C(=O)N(c1c(C(C)C)cccc1C(C)C)C9=O. The molecule has 12 heteroatoms. The third-order valence-corrected chi connectivity index (χ3v) is 21.3. The second-order valence-electron chi connectivity index (χ2n) is 23.1. The van der Waals surface area contributed by atoms with E-state index >= 15 is 19.2 Å². The van der Waals surface area contributed by atoms with Crippen LogP contribution in [0.2, 0.25) is 0 Å². The summed E-state index contributed by atoms with van der Waals surface area (Å²) in [5, 5.41) is 19.1. The highest BCUT2D eigenvalue weighted by Gasteiger charge is 2.41. The maximum Gasteiger partial charge on any atom is 0.266 e. The summed E-state index contributed by atoms with van der Waals surface area (Å²) in [5.74, 6) is -1.03. The van der Waals surface area contributed by atoms with Gasteiger partial charge >= 0.3 is 0 Å². The van der Waals surface area contributed by atoms with Crippen LogP contribution < -0.4 is 9.80 Å². The largest absolute Gasteiger partial charge is 0.268 e. The van der Waals surface area contributed by atoms with Gasteiger partial charge in [0.2, 0.25) is 0 Å². The first-order valence-electron chi connectivity index (χ1n) is 26.8. The average Bonchev–Trinajstić information content (AvgIpc) is 3.60. The molecule has 0 spiro atoms. The zero-order chi connectivity index (χ0) is 55.9. The monoisotopic (exact) mass is 1430 g/mol. The van der Waals surface area contributed by atoms with Crippen LogP contribution >= 0.6 is 95.6 Å². The molecule has 0 aromatic heterocycles. The number of hydrogen-bond donors (Lipinski definition) is 0. The molecule has 13 aromatic rings. The Morgan fingerprint density at radius 2 is 0.512 bits per heavy atom. The average molecular weight is 1430 g/mol. The fraction of sp³-hybridized carbons (Fsp3) is 0.176. The summed E-state index contributed by atoms with van der Waals surface area (Å²) in [5.41, 5.74) is 7.13. The van der Waals surface area contributed by atoms with E-state index in [9.17, 15) is 0 Å². The van der Waals surface area contributed by atoms with E-state index in [4.69, 9.17) is 0 Å². The highest BCUT2D eigenvalue weighted by atomic mass is 79.9. The van der Waals surface area contributed by atoms with E-state index in [0.717, 1.165) is 146 Å². The van der Waals surface area contributed by atoms with Gasteiger partial charge in [0.05, 0.1) is 22.5 Å². The van der Waals surface area contributed by atoms with Gasteiger partial charge < -0.3 is 0 Å². The number of halogens is 6. The quantitative estimate of drug-likeness (QED) is 0.0944. The lowest BCUT2D eigenvalue weighted by Gasteiger charge is -2.33. The topological polar surface area (TPSA) is 74.8 Å². The molecule has 80 heavy (non-hydrogen) atoms. The van der Waals surface area contributed by atoms with Crippen LogP contribution in [0.5, 0.6) is 0 Å². The summed E-state index contributed by atoms with van der Waals surface area (Å²) >= 11 is 24.8. The first-order chi connectivity index (χ1) is 38.2. The minimum Gasteiger partial charge on any atom is -0.268 e. The number of anilines is 2. The van der Waals surface area contributed by atoms with Crippen LogP contribution in [0.25, 0.3) is 108 Å². The summed E-state index contributed by atoms with van der Waals surface area (Å²) in [6, 6.07) is 32.9. The van der Waals surface area contributed by atoms with Crippen molar-refractivity contribution in [3.05, 3.63) is 168 Å². The zero-order valence-corrected chi connectivity index (χ0v) is 53.9. The summed E-state index contributed by atoms with van der Waals surface area (Å²) in [6.07, 6.45) is 0. The molecule has 392 valence electrons. The molecule has 0 atom stereocenters. The molecule has 2 heterocycles. The number of fused-ring (bicyclic) bond motifs is 6. The molecule has 0 saturated heterocycles. The molecular formula is C68H44Br6N2O4. The van der Waals surface area contributed by atoms with Crippen molar-refractivity contribution >= 4 is 238 Å². The Hall–Kier alpha value is -5.60. The van der Waals surface area contributed by atoms with Crippen molar-refractivity contribution in [1.29, 1.82) is 0 Å². The van der Waals surface area contributed by atoms with E-state index in [1.54, 1.807) is 0 Å². The number of carbonyl (C=O) groups is 4. The van der Waals surface area contributed by atoms with E-state index in [1.165, 1.54) is 9.80 Å². The number of nitrogens with zero attached hydrogens (tertiary/aromatic N) is 2. The van der Waals surface area contributed by atoms with Crippen molar-refractivity contribution in [3.63, 3.8) is 0 Å². The summed E-state index contributed by atoms with van der Waals surface area (Å²) < 4.78 is 5.06. The van der Waals surface area contributed by atoms with Crippen LogP contribution in [0, 0.1) is 0 Å². The third kappa shape index (κ3) is 6.39. The lowest BCUT2D eigenvalue weighted by atomic mass is 9.80. The summed E-state index contributed by atoms with van der Waals surface area (Å²) in [7, 11) is 0. The Bertz CT molecular complexity index is 4760. The van der Waals surface area contributed by atoms with Gasteiger partial charge in [0.1, 0.15) is 0 Å². The molecule has 0 bridgehead atoms. The molecule has 0 aliphatic carbocycles. The molecule has 0 N–H and O–H groups in total. The van der Waals surface area contributed by atoms with E-state index in [-0.39, 0.29) is 47.3 Å². The predicted octanol–water partition coefficient (Wildman–Crippen LogP) is 22.2. The maximum atomic E-state index is 15.2. The maximum absolute atomic E-state index is 15.2. The van der Waals surface area contributed by atoms with Gasteiger partial charge in [0.15, 0.2) is 0 Å². The predicted molar refractivity (Wildman–Crippen MR) is 353 cm³/mol. The molecule has 2 aliphatic heterocycles. The number of hydrogen-bond acceptors (Lipinski definition) is 4. The van der Waals surface area contributed by atoms with Gasteiger partial charge in [-0.25, -0.2) is 9.80 Å². The minimum atomic E-state index is -0.336. The molecule has 4 amide bonds. The Morgan fingerprint density at radius 3 is 0.787 bits per heavy atom. The lowest BCUT2D eigenvalue weighted by Crippen LogP contribution is -2.41. The van der Waals surface area contributed by atoms with Crippen molar-refractivity contribution in [2.24, 2.45) is 0 Å². The number of imide groups is 2. The van der Waals surface area contributed by atoms with Crippen molar-refractivity contribution in [2.75, 3.05) is 9.80 Å². The summed E-state index contributed by atoms with van der Waals surface area (Å²) in [6.45, 7) is 16.8. The van der Waals surface area contributed by atoms with Gasteiger partial charge in [-0.15, -0.1) is 0 Å².